The van der Waals surface area contributed by atoms with Crippen LogP contribution in [0.25, 0.3) is 0 Å². The molecule has 8 nitrogen and oxygen atoms in total. The van der Waals surface area contributed by atoms with Crippen molar-refractivity contribution in [1.29, 1.82) is 0 Å². The molecule has 32 heavy (non-hydrogen) atoms. The van der Waals surface area contributed by atoms with Crippen molar-refractivity contribution in [2.45, 2.75) is 22.6 Å². The lowest BCUT2D eigenvalue weighted by Gasteiger charge is -2.43. The van der Waals surface area contributed by atoms with E-state index in [1.54, 1.807) is 18.9 Å². The van der Waals surface area contributed by atoms with E-state index in [1.165, 1.54) is 11.3 Å². The first-order chi connectivity index (χ1) is 15.4. The average Bonchev–Trinajstić information content (AvgIpc) is 3.49. The highest BCUT2D eigenvalue weighted by Crippen LogP contribution is 2.68. The molecule has 2 N–H and O–H groups in total. The van der Waals surface area contributed by atoms with Gasteiger partial charge in [0.1, 0.15) is 12.3 Å². The molecule has 2 aliphatic heterocycles. The second-order valence-corrected chi connectivity index (χ2v) is 11.1. The van der Waals surface area contributed by atoms with Gasteiger partial charge in [-0.05, 0) is 41.9 Å². The first-order valence-corrected chi connectivity index (χ1v) is 12.2. The Morgan fingerprint density at radius 1 is 1.16 bits per heavy atom. The molecule has 1 aromatic heterocycles. The maximum atomic E-state index is 13.1. The van der Waals surface area contributed by atoms with Gasteiger partial charge in [0.05, 0.1) is 24.0 Å². The number of methoxy groups -OCH3 is 1. The van der Waals surface area contributed by atoms with Crippen LogP contribution in [0, 0.1) is 29.6 Å². The number of carboxylic acids is 1. The van der Waals surface area contributed by atoms with Gasteiger partial charge in [-0.15, -0.1) is 11.8 Å². The predicted octanol–water partition coefficient (Wildman–Crippen LogP) is 2.00. The third-order valence-electron chi connectivity index (χ3n) is 7.58. The molecule has 2 aliphatic carbocycles. The second kappa shape index (κ2) is 6.95. The number of imide groups is 1. The van der Waals surface area contributed by atoms with E-state index in [0.29, 0.717) is 0 Å². The number of fused-ring (bicyclic) bond motifs is 9. The molecule has 3 heterocycles. The number of benzene rings is 1. The summed E-state index contributed by atoms with van der Waals surface area (Å²) in [6.45, 7) is -0.574. The number of nitrogens with zero attached hydrogens (tertiary/aromatic N) is 1. The number of nitrogens with one attached hydrogen (secondary N) is 1. The number of aromatic amines is 1. The van der Waals surface area contributed by atoms with Crippen LogP contribution in [0.4, 0.5) is 0 Å². The van der Waals surface area contributed by atoms with Crippen molar-refractivity contribution in [2.75, 3.05) is 13.7 Å². The molecule has 7 atom stereocenters. The molecule has 2 bridgehead atoms. The van der Waals surface area contributed by atoms with Crippen molar-refractivity contribution in [3.63, 3.8) is 0 Å². The number of likely N-dealkylation sites (tertiary alicyclic amines) is 1. The number of thioether (sulfide) groups is 1. The molecule has 0 spiro atoms. The summed E-state index contributed by atoms with van der Waals surface area (Å²) in [7, 11) is 1.61. The fourth-order valence-electron chi connectivity index (χ4n) is 6.55. The van der Waals surface area contributed by atoms with E-state index < -0.39 is 24.3 Å². The summed E-state index contributed by atoms with van der Waals surface area (Å²) in [6.07, 6.45) is 0.780. The van der Waals surface area contributed by atoms with Crippen molar-refractivity contribution in [3.05, 3.63) is 44.4 Å². The van der Waals surface area contributed by atoms with E-state index in [1.807, 2.05) is 24.3 Å². The van der Waals surface area contributed by atoms with Crippen molar-refractivity contribution in [3.8, 4) is 5.75 Å². The Morgan fingerprint density at radius 3 is 2.50 bits per heavy atom. The molecular formula is C22H20N2O6S2. The summed E-state index contributed by atoms with van der Waals surface area (Å²) in [5.41, 5.74) is 1.06. The van der Waals surface area contributed by atoms with Crippen LogP contribution in [0.1, 0.15) is 22.8 Å². The fraction of sp³-hybridized carbons (Fsp3) is 0.455. The number of hydrogen-bond donors (Lipinski definition) is 2. The number of carbonyl (C=O) groups is 3. The standard InChI is InChI=1S/C22H20N2O6S2/c1-30-9-4-2-8(3-5-9)13-14-10-6-11(17(14)31-19-18(13)32-22(29)23-19)16-15(10)20(27)24(21(16)28)7-12(25)26/h2-5,10-11,13-17H,6-7H2,1H3,(H,23,29)(H,25,26)/t10-,11+,13+,14+,15+,16+,17-/m1/s1. The minimum Gasteiger partial charge on any atom is -0.497 e. The highest BCUT2D eigenvalue weighted by molar-refractivity contribution is 8.00. The van der Waals surface area contributed by atoms with Gasteiger partial charge >= 0.3 is 10.8 Å². The Labute approximate surface area is 191 Å². The zero-order chi connectivity index (χ0) is 22.3. The van der Waals surface area contributed by atoms with Gasteiger partial charge in [-0.1, -0.05) is 23.5 Å². The minimum absolute atomic E-state index is 0.00690. The quantitative estimate of drug-likeness (QED) is 0.654. The number of carbonyl (C=O) groups excluding carboxylic acids is 2. The van der Waals surface area contributed by atoms with Gasteiger partial charge in [0.25, 0.3) is 0 Å². The fourth-order valence-corrected chi connectivity index (χ4v) is 9.44. The molecule has 1 saturated heterocycles. The smallest absolute Gasteiger partial charge is 0.323 e. The summed E-state index contributed by atoms with van der Waals surface area (Å²) >= 11 is 2.83. The molecule has 1 aromatic carbocycles. The number of hydrogen-bond acceptors (Lipinski definition) is 7. The van der Waals surface area contributed by atoms with Gasteiger partial charge in [0, 0.05) is 16.0 Å². The van der Waals surface area contributed by atoms with Crippen molar-refractivity contribution in [2.24, 2.45) is 29.6 Å². The Kier molecular flexibility index (Phi) is 4.36. The number of carboxylic acid groups (broad SMARTS) is 1. The van der Waals surface area contributed by atoms with E-state index in [-0.39, 0.29) is 45.6 Å². The van der Waals surface area contributed by atoms with Crippen LogP contribution in [0.3, 0.4) is 0 Å². The largest absolute Gasteiger partial charge is 0.497 e. The summed E-state index contributed by atoms with van der Waals surface area (Å²) in [5.74, 6) is -2.04. The number of amides is 2. The normalized spacial score (nSPS) is 34.4. The number of aromatic nitrogens is 1. The van der Waals surface area contributed by atoms with Gasteiger partial charge in [0.15, 0.2) is 0 Å². The number of H-pyrrole nitrogens is 1. The first-order valence-electron chi connectivity index (χ1n) is 10.5. The van der Waals surface area contributed by atoms with Crippen molar-refractivity contribution in [1.82, 2.24) is 9.88 Å². The Balaban J connectivity index is 1.44. The molecule has 2 amide bonds. The highest BCUT2D eigenvalue weighted by atomic mass is 32.2. The van der Waals surface area contributed by atoms with Gasteiger partial charge in [0.2, 0.25) is 11.8 Å². The third kappa shape index (κ3) is 2.62. The molecule has 2 aromatic rings. The minimum atomic E-state index is -1.18. The maximum Gasteiger partial charge on any atom is 0.323 e. The topological polar surface area (TPSA) is 117 Å². The van der Waals surface area contributed by atoms with Crippen molar-refractivity contribution < 1.29 is 24.2 Å². The number of ether oxygens (including phenoxy) is 1. The summed E-state index contributed by atoms with van der Waals surface area (Å²) in [5, 5.41) is 10.1. The predicted molar refractivity (Wildman–Crippen MR) is 116 cm³/mol. The van der Waals surface area contributed by atoms with Crippen LogP contribution >= 0.6 is 23.1 Å². The number of rotatable bonds is 4. The molecule has 6 rings (SSSR count). The van der Waals surface area contributed by atoms with Crippen LogP contribution in [-0.4, -0.2) is 51.7 Å². The summed E-state index contributed by atoms with van der Waals surface area (Å²) in [4.78, 5) is 54.4. The molecule has 166 valence electrons. The summed E-state index contributed by atoms with van der Waals surface area (Å²) < 4.78 is 5.30. The monoisotopic (exact) mass is 472 g/mol. The van der Waals surface area contributed by atoms with Gasteiger partial charge in [-0.2, -0.15) is 0 Å². The average molecular weight is 473 g/mol. The molecule has 0 unspecified atom stereocenters. The van der Waals surface area contributed by atoms with Crippen molar-refractivity contribution >= 4 is 40.9 Å². The maximum absolute atomic E-state index is 13.1. The molecular weight excluding hydrogens is 452 g/mol. The summed E-state index contributed by atoms with van der Waals surface area (Å²) in [6, 6.07) is 7.81. The van der Waals surface area contributed by atoms with Crippen LogP contribution < -0.4 is 9.61 Å². The second-order valence-electron chi connectivity index (χ2n) is 8.89. The molecule has 0 radical (unpaired) electrons. The molecule has 2 saturated carbocycles. The lowest BCUT2D eigenvalue weighted by molar-refractivity contribution is -0.149. The third-order valence-corrected chi connectivity index (χ3v) is 10.2. The van der Waals surface area contributed by atoms with E-state index in [0.717, 1.165) is 32.5 Å². The van der Waals surface area contributed by atoms with E-state index >= 15 is 0 Å². The van der Waals surface area contributed by atoms with E-state index in [9.17, 15) is 24.3 Å². The number of aliphatic carboxylic acids is 1. The lowest BCUT2D eigenvalue weighted by atomic mass is 9.68. The number of thiazole rings is 1. The van der Waals surface area contributed by atoms with Crippen LogP contribution in [0.15, 0.2) is 34.1 Å². The zero-order valence-corrected chi connectivity index (χ0v) is 18.7. The van der Waals surface area contributed by atoms with Crippen LogP contribution in [0.2, 0.25) is 0 Å². The zero-order valence-electron chi connectivity index (χ0n) is 17.0. The SMILES string of the molecule is COc1ccc([C@@H]2c3sc(=O)[nH]c3S[C@@H]3[C@H]4C[C@@H]([C@@H]5C(=O)N(CC(=O)O)C(=O)[C@@H]45)[C@@H]23)cc1. The highest BCUT2D eigenvalue weighted by Gasteiger charge is 2.69. The van der Waals surface area contributed by atoms with Crippen LogP contribution in [-0.2, 0) is 14.4 Å². The molecule has 3 fully saturated rings. The first kappa shape index (κ1) is 20.0. The molecule has 4 aliphatic rings. The van der Waals surface area contributed by atoms with Gasteiger partial charge in [-0.25, -0.2) is 0 Å². The Bertz CT molecular complexity index is 1200. The van der Waals surface area contributed by atoms with E-state index in [4.69, 9.17) is 4.74 Å². The Hall–Kier alpha value is -2.59. The van der Waals surface area contributed by atoms with Crippen LogP contribution in [0.5, 0.6) is 5.75 Å². The Morgan fingerprint density at radius 2 is 1.84 bits per heavy atom. The van der Waals surface area contributed by atoms with Gasteiger partial charge < -0.3 is 14.8 Å². The lowest BCUT2D eigenvalue weighted by Crippen LogP contribution is -2.42. The van der Waals surface area contributed by atoms with E-state index in [2.05, 4.69) is 4.98 Å². The van der Waals surface area contributed by atoms with Gasteiger partial charge in [-0.3, -0.25) is 24.1 Å². The molecule has 10 heteroatoms.